The standard InChI is InChI=1S/C17H21NO2/c19-17(20)15-6-4-13(5-7-15)12-14-8-10-18(11-9-14)16-2-1-3-16/h4-7,12,16H,1-3,8-11H2,(H,19,20). The Morgan fingerprint density at radius 1 is 1.15 bits per heavy atom. The Bertz CT molecular complexity index is 504. The van der Waals surface area contributed by atoms with Crippen molar-refractivity contribution in [2.45, 2.75) is 38.1 Å². The van der Waals surface area contributed by atoms with Crippen LogP contribution >= 0.6 is 0 Å². The number of hydrogen-bond acceptors (Lipinski definition) is 2. The second-order valence-corrected chi connectivity index (χ2v) is 5.85. The zero-order valence-electron chi connectivity index (χ0n) is 11.7. The number of likely N-dealkylation sites (tertiary alicyclic amines) is 1. The predicted octanol–water partition coefficient (Wildman–Crippen LogP) is 3.42. The van der Waals surface area contributed by atoms with Crippen LogP contribution in [0.2, 0.25) is 0 Å². The van der Waals surface area contributed by atoms with Gasteiger partial charge in [0, 0.05) is 19.1 Å². The maximum Gasteiger partial charge on any atom is 0.335 e. The number of nitrogens with zero attached hydrogens (tertiary/aromatic N) is 1. The molecule has 106 valence electrons. The minimum atomic E-state index is -0.863. The van der Waals surface area contributed by atoms with Crippen LogP contribution in [0.1, 0.15) is 48.0 Å². The molecular formula is C17H21NO2. The number of carboxylic acids is 1. The molecule has 1 N–H and O–H groups in total. The van der Waals surface area contributed by atoms with Gasteiger partial charge < -0.3 is 5.11 Å². The highest BCUT2D eigenvalue weighted by Gasteiger charge is 2.26. The molecule has 0 unspecified atom stereocenters. The van der Waals surface area contributed by atoms with Gasteiger partial charge in [-0.15, -0.1) is 0 Å². The monoisotopic (exact) mass is 271 g/mol. The minimum Gasteiger partial charge on any atom is -0.478 e. The number of rotatable bonds is 3. The lowest BCUT2D eigenvalue weighted by atomic mass is 9.89. The average molecular weight is 271 g/mol. The molecule has 0 atom stereocenters. The number of piperidine rings is 1. The van der Waals surface area contributed by atoms with Crippen LogP contribution in [-0.4, -0.2) is 35.1 Å². The van der Waals surface area contributed by atoms with E-state index in [1.807, 2.05) is 12.1 Å². The molecule has 0 amide bonds. The Morgan fingerprint density at radius 3 is 2.30 bits per heavy atom. The van der Waals surface area contributed by atoms with Crippen molar-refractivity contribution in [2.24, 2.45) is 0 Å². The van der Waals surface area contributed by atoms with Crippen molar-refractivity contribution in [1.82, 2.24) is 4.90 Å². The quantitative estimate of drug-likeness (QED) is 0.915. The van der Waals surface area contributed by atoms with Crippen molar-refractivity contribution in [3.63, 3.8) is 0 Å². The molecule has 20 heavy (non-hydrogen) atoms. The van der Waals surface area contributed by atoms with E-state index in [-0.39, 0.29) is 0 Å². The highest BCUT2D eigenvalue weighted by atomic mass is 16.4. The SMILES string of the molecule is O=C(O)c1ccc(C=C2CCN(C3CCC3)CC2)cc1. The maximum atomic E-state index is 10.8. The van der Waals surface area contributed by atoms with Crippen molar-refractivity contribution in [2.75, 3.05) is 13.1 Å². The van der Waals surface area contributed by atoms with Gasteiger partial charge in [0.25, 0.3) is 0 Å². The Labute approximate surface area is 119 Å². The molecule has 1 aromatic carbocycles. The van der Waals surface area contributed by atoms with Gasteiger partial charge in [0.05, 0.1) is 5.56 Å². The van der Waals surface area contributed by atoms with Crippen molar-refractivity contribution in [1.29, 1.82) is 0 Å². The van der Waals surface area contributed by atoms with Gasteiger partial charge >= 0.3 is 5.97 Å². The highest BCUT2D eigenvalue weighted by Crippen LogP contribution is 2.29. The Balaban J connectivity index is 1.60. The van der Waals surface area contributed by atoms with Crippen LogP contribution in [0, 0.1) is 0 Å². The molecule has 1 aromatic rings. The molecule has 3 nitrogen and oxygen atoms in total. The number of carbonyl (C=O) groups is 1. The van der Waals surface area contributed by atoms with Crippen molar-refractivity contribution >= 4 is 12.0 Å². The fraction of sp³-hybridized carbons (Fsp3) is 0.471. The van der Waals surface area contributed by atoms with E-state index in [1.165, 1.54) is 37.9 Å². The van der Waals surface area contributed by atoms with Gasteiger partial charge in [-0.25, -0.2) is 4.79 Å². The van der Waals surface area contributed by atoms with E-state index in [1.54, 1.807) is 12.1 Å². The third kappa shape index (κ3) is 2.93. The van der Waals surface area contributed by atoms with E-state index >= 15 is 0 Å². The van der Waals surface area contributed by atoms with Gasteiger partial charge in [-0.05, 0) is 43.4 Å². The van der Waals surface area contributed by atoms with Crippen molar-refractivity contribution in [3.8, 4) is 0 Å². The molecule has 0 radical (unpaired) electrons. The van der Waals surface area contributed by atoms with Crippen molar-refractivity contribution in [3.05, 3.63) is 41.0 Å². The molecule has 1 saturated carbocycles. The topological polar surface area (TPSA) is 40.5 Å². The molecule has 0 bridgehead atoms. The molecule has 1 aliphatic heterocycles. The summed E-state index contributed by atoms with van der Waals surface area (Å²) >= 11 is 0. The van der Waals surface area contributed by atoms with Crippen LogP contribution in [0.15, 0.2) is 29.8 Å². The largest absolute Gasteiger partial charge is 0.478 e. The summed E-state index contributed by atoms with van der Waals surface area (Å²) in [4.78, 5) is 13.4. The smallest absolute Gasteiger partial charge is 0.335 e. The fourth-order valence-electron chi connectivity index (χ4n) is 3.03. The minimum absolute atomic E-state index is 0.354. The second kappa shape index (κ2) is 5.80. The highest BCUT2D eigenvalue weighted by molar-refractivity contribution is 5.87. The third-order valence-corrected chi connectivity index (χ3v) is 4.56. The molecule has 0 spiro atoms. The molecule has 1 heterocycles. The molecule has 1 aliphatic carbocycles. The Hall–Kier alpha value is -1.61. The Kier molecular flexibility index (Phi) is 3.88. The van der Waals surface area contributed by atoms with Crippen LogP contribution in [0.5, 0.6) is 0 Å². The normalized spacial score (nSPS) is 20.5. The van der Waals surface area contributed by atoms with Crippen LogP contribution in [0.3, 0.4) is 0 Å². The first-order valence-electron chi connectivity index (χ1n) is 7.49. The summed E-state index contributed by atoms with van der Waals surface area (Å²) in [6.45, 7) is 2.37. The molecular weight excluding hydrogens is 250 g/mol. The van der Waals surface area contributed by atoms with E-state index < -0.39 is 5.97 Å². The second-order valence-electron chi connectivity index (χ2n) is 5.85. The summed E-state index contributed by atoms with van der Waals surface area (Å²) in [5.41, 5.74) is 2.96. The lowest BCUT2D eigenvalue weighted by molar-refractivity contribution is 0.0697. The lowest BCUT2D eigenvalue weighted by Gasteiger charge is -2.40. The zero-order chi connectivity index (χ0) is 13.9. The molecule has 0 aromatic heterocycles. The van der Waals surface area contributed by atoms with E-state index in [0.29, 0.717) is 5.56 Å². The van der Waals surface area contributed by atoms with E-state index in [0.717, 1.165) is 24.4 Å². The van der Waals surface area contributed by atoms with Crippen LogP contribution in [-0.2, 0) is 0 Å². The number of aromatic carboxylic acids is 1. The first kappa shape index (κ1) is 13.4. The van der Waals surface area contributed by atoms with Gasteiger partial charge in [0.1, 0.15) is 0 Å². The van der Waals surface area contributed by atoms with E-state index in [2.05, 4.69) is 11.0 Å². The Morgan fingerprint density at radius 2 is 1.80 bits per heavy atom. The first-order valence-corrected chi connectivity index (χ1v) is 7.49. The summed E-state index contributed by atoms with van der Waals surface area (Å²) in [6, 6.07) is 8.01. The zero-order valence-corrected chi connectivity index (χ0v) is 11.7. The van der Waals surface area contributed by atoms with Gasteiger partial charge in [-0.3, -0.25) is 4.90 Å². The first-order chi connectivity index (χ1) is 9.72. The molecule has 3 rings (SSSR count). The van der Waals surface area contributed by atoms with Crippen LogP contribution in [0.4, 0.5) is 0 Å². The fourth-order valence-corrected chi connectivity index (χ4v) is 3.03. The van der Waals surface area contributed by atoms with Crippen LogP contribution < -0.4 is 0 Å². The lowest BCUT2D eigenvalue weighted by Crippen LogP contribution is -2.43. The van der Waals surface area contributed by atoms with E-state index in [4.69, 9.17) is 5.11 Å². The molecule has 2 aliphatic rings. The average Bonchev–Trinajstić information content (AvgIpc) is 2.39. The van der Waals surface area contributed by atoms with Gasteiger partial charge in [0.15, 0.2) is 0 Å². The van der Waals surface area contributed by atoms with Crippen molar-refractivity contribution < 1.29 is 9.90 Å². The molecule has 3 heteroatoms. The molecule has 1 saturated heterocycles. The van der Waals surface area contributed by atoms with Gasteiger partial charge in [-0.1, -0.05) is 30.2 Å². The number of benzene rings is 1. The maximum absolute atomic E-state index is 10.8. The third-order valence-electron chi connectivity index (χ3n) is 4.56. The van der Waals surface area contributed by atoms with E-state index in [9.17, 15) is 4.79 Å². The summed E-state index contributed by atoms with van der Waals surface area (Å²) in [5.74, 6) is -0.863. The summed E-state index contributed by atoms with van der Waals surface area (Å²) in [6.07, 6.45) is 8.70. The molecule has 2 fully saturated rings. The van der Waals surface area contributed by atoms with Gasteiger partial charge in [-0.2, -0.15) is 0 Å². The summed E-state index contributed by atoms with van der Waals surface area (Å²) in [7, 11) is 0. The van der Waals surface area contributed by atoms with Gasteiger partial charge in [0.2, 0.25) is 0 Å². The summed E-state index contributed by atoms with van der Waals surface area (Å²) < 4.78 is 0. The van der Waals surface area contributed by atoms with Crippen LogP contribution in [0.25, 0.3) is 6.08 Å². The predicted molar refractivity (Wildman–Crippen MR) is 79.8 cm³/mol. The number of carboxylic acid groups (broad SMARTS) is 1. The number of hydrogen-bond donors (Lipinski definition) is 1. The summed E-state index contributed by atoms with van der Waals surface area (Å²) in [5, 5.41) is 8.89.